The smallest absolute Gasteiger partial charge is 0.0371 e. The zero-order valence-electron chi connectivity index (χ0n) is 10.7. The van der Waals surface area contributed by atoms with Gasteiger partial charge in [-0.3, -0.25) is 0 Å². The molecule has 0 saturated heterocycles. The summed E-state index contributed by atoms with van der Waals surface area (Å²) in [6, 6.07) is 11.5. The molecule has 0 spiro atoms. The Morgan fingerprint density at radius 2 is 2.12 bits per heavy atom. The molecule has 1 aromatic heterocycles. The van der Waals surface area contributed by atoms with E-state index in [0.29, 0.717) is 6.04 Å². The minimum Gasteiger partial charge on any atom is -0.313 e. The van der Waals surface area contributed by atoms with Crippen molar-refractivity contribution in [1.82, 2.24) is 5.32 Å². The molecule has 0 radical (unpaired) electrons. The molecule has 0 bridgehead atoms. The largest absolute Gasteiger partial charge is 0.313 e. The maximum atomic E-state index is 3.36. The molecule has 17 heavy (non-hydrogen) atoms. The van der Waals surface area contributed by atoms with Crippen LogP contribution in [0.1, 0.15) is 30.5 Å². The molecule has 0 aliphatic heterocycles. The van der Waals surface area contributed by atoms with Gasteiger partial charge >= 0.3 is 0 Å². The molecule has 1 aromatic carbocycles. The van der Waals surface area contributed by atoms with Crippen LogP contribution in [0.25, 0.3) is 10.4 Å². The second kappa shape index (κ2) is 5.48. The maximum absolute atomic E-state index is 3.36. The highest BCUT2D eigenvalue weighted by Crippen LogP contribution is 2.30. The summed E-state index contributed by atoms with van der Waals surface area (Å²) >= 11 is 1.82. The fourth-order valence-corrected chi connectivity index (χ4v) is 3.10. The van der Waals surface area contributed by atoms with Gasteiger partial charge in [-0.25, -0.2) is 0 Å². The second-order valence-corrected chi connectivity index (χ2v) is 5.22. The van der Waals surface area contributed by atoms with Gasteiger partial charge in [0.25, 0.3) is 0 Å². The third-order valence-electron chi connectivity index (χ3n) is 3.17. The third-order valence-corrected chi connectivity index (χ3v) is 4.24. The normalized spacial score (nSPS) is 12.6. The Bertz CT molecular complexity index is 483. The van der Waals surface area contributed by atoms with Crippen molar-refractivity contribution in [2.24, 2.45) is 0 Å². The van der Waals surface area contributed by atoms with Gasteiger partial charge < -0.3 is 5.32 Å². The van der Waals surface area contributed by atoms with Crippen LogP contribution in [0.3, 0.4) is 0 Å². The van der Waals surface area contributed by atoms with Gasteiger partial charge in [-0.05, 0) is 54.6 Å². The first-order chi connectivity index (χ1) is 8.26. The summed E-state index contributed by atoms with van der Waals surface area (Å²) in [7, 11) is 2.03. The third kappa shape index (κ3) is 2.59. The van der Waals surface area contributed by atoms with E-state index in [1.54, 1.807) is 0 Å². The summed E-state index contributed by atoms with van der Waals surface area (Å²) in [6.07, 6.45) is 1.11. The summed E-state index contributed by atoms with van der Waals surface area (Å²) in [5.74, 6) is 0. The highest BCUT2D eigenvalue weighted by Gasteiger charge is 2.09. The quantitative estimate of drug-likeness (QED) is 0.842. The topological polar surface area (TPSA) is 12.0 Å². The van der Waals surface area contributed by atoms with Crippen LogP contribution in [-0.2, 0) is 0 Å². The van der Waals surface area contributed by atoms with E-state index in [1.807, 2.05) is 18.4 Å². The average molecular weight is 245 g/mol. The van der Waals surface area contributed by atoms with Gasteiger partial charge in [0.05, 0.1) is 0 Å². The van der Waals surface area contributed by atoms with Gasteiger partial charge in [0.15, 0.2) is 0 Å². The molecule has 0 amide bonds. The lowest BCUT2D eigenvalue weighted by atomic mass is 10.0. The zero-order chi connectivity index (χ0) is 12.3. The van der Waals surface area contributed by atoms with Crippen molar-refractivity contribution in [1.29, 1.82) is 0 Å². The van der Waals surface area contributed by atoms with E-state index in [1.165, 1.54) is 21.6 Å². The monoisotopic (exact) mass is 245 g/mol. The number of benzene rings is 1. The van der Waals surface area contributed by atoms with E-state index in [0.717, 1.165) is 6.42 Å². The van der Waals surface area contributed by atoms with Crippen molar-refractivity contribution in [3.05, 3.63) is 46.8 Å². The van der Waals surface area contributed by atoms with Crippen LogP contribution in [0.15, 0.2) is 35.7 Å². The summed E-state index contributed by atoms with van der Waals surface area (Å²) in [5, 5.41) is 5.52. The Hall–Kier alpha value is -1.12. The lowest BCUT2D eigenvalue weighted by molar-refractivity contribution is 0.577. The number of aryl methyl sites for hydroxylation is 1. The summed E-state index contributed by atoms with van der Waals surface area (Å²) < 4.78 is 0. The Labute approximate surface area is 108 Å². The fraction of sp³-hybridized carbons (Fsp3) is 0.333. The Kier molecular flexibility index (Phi) is 3.97. The molecule has 0 aliphatic carbocycles. The van der Waals surface area contributed by atoms with Crippen LogP contribution < -0.4 is 5.32 Å². The molecule has 1 unspecified atom stereocenters. The molecule has 2 rings (SSSR count). The molecule has 2 heteroatoms. The zero-order valence-corrected chi connectivity index (χ0v) is 11.5. The van der Waals surface area contributed by atoms with E-state index in [4.69, 9.17) is 0 Å². The first-order valence-corrected chi connectivity index (χ1v) is 6.96. The predicted molar refractivity (Wildman–Crippen MR) is 76.6 cm³/mol. The van der Waals surface area contributed by atoms with Crippen LogP contribution in [0.4, 0.5) is 0 Å². The maximum Gasteiger partial charge on any atom is 0.0371 e. The fourth-order valence-electron chi connectivity index (χ4n) is 2.17. The molecule has 1 heterocycles. The molecule has 0 fully saturated rings. The minimum atomic E-state index is 0.454. The van der Waals surface area contributed by atoms with E-state index < -0.39 is 0 Å². The first-order valence-electron chi connectivity index (χ1n) is 6.08. The molecular weight excluding hydrogens is 226 g/mol. The van der Waals surface area contributed by atoms with Gasteiger partial charge in [-0.2, -0.15) is 0 Å². The van der Waals surface area contributed by atoms with E-state index in [-0.39, 0.29) is 0 Å². The lowest BCUT2D eigenvalue weighted by Gasteiger charge is -2.15. The molecule has 0 saturated carbocycles. The highest BCUT2D eigenvalue weighted by molar-refractivity contribution is 7.13. The Balaban J connectivity index is 2.38. The highest BCUT2D eigenvalue weighted by atomic mass is 32.1. The molecule has 1 N–H and O–H groups in total. The van der Waals surface area contributed by atoms with Crippen molar-refractivity contribution < 1.29 is 0 Å². The Morgan fingerprint density at radius 3 is 2.71 bits per heavy atom. The number of hydrogen-bond donors (Lipinski definition) is 1. The van der Waals surface area contributed by atoms with E-state index in [2.05, 4.69) is 54.9 Å². The minimum absolute atomic E-state index is 0.454. The van der Waals surface area contributed by atoms with Crippen molar-refractivity contribution >= 4 is 11.3 Å². The first kappa shape index (κ1) is 12.3. The van der Waals surface area contributed by atoms with Crippen LogP contribution in [0.2, 0.25) is 0 Å². The molecule has 90 valence electrons. The van der Waals surface area contributed by atoms with Gasteiger partial charge in [0.1, 0.15) is 0 Å². The lowest BCUT2D eigenvalue weighted by Crippen LogP contribution is -2.14. The van der Waals surface area contributed by atoms with Crippen molar-refractivity contribution in [2.75, 3.05) is 7.05 Å². The molecule has 1 nitrogen and oxygen atoms in total. The standard InChI is InChI=1S/C15H19NS/c1-4-14(16-3)12-6-5-7-13(10-12)15-11(2)8-9-17-15/h5-10,14,16H,4H2,1-3H3. The molecule has 0 aliphatic rings. The number of rotatable bonds is 4. The predicted octanol–water partition coefficient (Wildman–Crippen LogP) is 4.39. The van der Waals surface area contributed by atoms with Crippen LogP contribution in [-0.4, -0.2) is 7.05 Å². The molecule has 1 atom stereocenters. The summed E-state index contributed by atoms with van der Waals surface area (Å²) in [6.45, 7) is 4.39. The number of nitrogens with one attached hydrogen (secondary N) is 1. The number of thiophene rings is 1. The van der Waals surface area contributed by atoms with Crippen molar-refractivity contribution in [2.45, 2.75) is 26.3 Å². The van der Waals surface area contributed by atoms with Gasteiger partial charge in [0.2, 0.25) is 0 Å². The van der Waals surface area contributed by atoms with Gasteiger partial charge in [-0.15, -0.1) is 11.3 Å². The van der Waals surface area contributed by atoms with E-state index >= 15 is 0 Å². The van der Waals surface area contributed by atoms with Gasteiger partial charge in [-0.1, -0.05) is 25.1 Å². The molecule has 2 aromatic rings. The average Bonchev–Trinajstić information content (AvgIpc) is 2.77. The van der Waals surface area contributed by atoms with Gasteiger partial charge in [0, 0.05) is 10.9 Å². The summed E-state index contributed by atoms with van der Waals surface area (Å²) in [4.78, 5) is 1.39. The Morgan fingerprint density at radius 1 is 1.29 bits per heavy atom. The van der Waals surface area contributed by atoms with Crippen LogP contribution in [0, 0.1) is 6.92 Å². The van der Waals surface area contributed by atoms with E-state index in [9.17, 15) is 0 Å². The van der Waals surface area contributed by atoms with Crippen molar-refractivity contribution in [3.8, 4) is 10.4 Å². The van der Waals surface area contributed by atoms with Crippen molar-refractivity contribution in [3.63, 3.8) is 0 Å². The summed E-state index contributed by atoms with van der Waals surface area (Å²) in [5.41, 5.74) is 4.08. The number of hydrogen-bond acceptors (Lipinski definition) is 2. The SMILES string of the molecule is CCC(NC)c1cccc(-c2sccc2C)c1. The van der Waals surface area contributed by atoms with Crippen LogP contribution >= 0.6 is 11.3 Å². The molecular formula is C15H19NS. The second-order valence-electron chi connectivity index (χ2n) is 4.31. The van der Waals surface area contributed by atoms with Crippen LogP contribution in [0.5, 0.6) is 0 Å².